The van der Waals surface area contributed by atoms with Crippen LogP contribution in [0.3, 0.4) is 0 Å². The van der Waals surface area contributed by atoms with E-state index in [9.17, 15) is 0 Å². The third-order valence-electron chi connectivity index (χ3n) is 3.00. The Labute approximate surface area is 84.3 Å². The average Bonchev–Trinajstić information content (AvgIpc) is 2.85. The summed E-state index contributed by atoms with van der Waals surface area (Å²) < 4.78 is 0. The van der Waals surface area contributed by atoms with Crippen molar-refractivity contribution in [3.05, 3.63) is 65.3 Å². The SMILES string of the molecule is C1=CC(=C2CCc3ccccc32)C=C1. The highest BCUT2D eigenvalue weighted by atomic mass is 14.2. The van der Waals surface area contributed by atoms with Gasteiger partial charge in [0.1, 0.15) is 0 Å². The highest BCUT2D eigenvalue weighted by Gasteiger charge is 2.17. The smallest absolute Gasteiger partial charge is 0.0186 e. The molecule has 3 rings (SSSR count). The summed E-state index contributed by atoms with van der Waals surface area (Å²) in [6, 6.07) is 8.75. The van der Waals surface area contributed by atoms with E-state index in [0.717, 1.165) is 0 Å². The van der Waals surface area contributed by atoms with Crippen molar-refractivity contribution >= 4 is 5.57 Å². The second kappa shape index (κ2) is 2.98. The van der Waals surface area contributed by atoms with E-state index in [1.807, 2.05) is 0 Å². The van der Waals surface area contributed by atoms with Gasteiger partial charge in [0.05, 0.1) is 0 Å². The molecular formula is C14H12. The molecule has 2 aliphatic rings. The minimum absolute atomic E-state index is 1.20. The lowest BCUT2D eigenvalue weighted by molar-refractivity contribution is 1.08. The first-order valence-corrected chi connectivity index (χ1v) is 5.11. The molecule has 0 nitrogen and oxygen atoms in total. The topological polar surface area (TPSA) is 0 Å². The van der Waals surface area contributed by atoms with Gasteiger partial charge in [-0.3, -0.25) is 0 Å². The molecule has 0 heteroatoms. The fraction of sp³-hybridized carbons (Fsp3) is 0.143. The first-order valence-electron chi connectivity index (χ1n) is 5.11. The number of allylic oxidation sites excluding steroid dienone is 6. The maximum atomic E-state index is 2.24. The Morgan fingerprint density at radius 1 is 0.857 bits per heavy atom. The molecule has 0 aliphatic heterocycles. The lowest BCUT2D eigenvalue weighted by Crippen LogP contribution is -1.81. The minimum Gasteiger partial charge on any atom is -0.0620 e. The molecule has 0 bridgehead atoms. The summed E-state index contributed by atoms with van der Waals surface area (Å²) in [5, 5.41) is 0. The molecule has 68 valence electrons. The van der Waals surface area contributed by atoms with Crippen molar-refractivity contribution in [1.29, 1.82) is 0 Å². The summed E-state index contributed by atoms with van der Waals surface area (Å²) in [4.78, 5) is 0. The Kier molecular flexibility index (Phi) is 1.66. The van der Waals surface area contributed by atoms with Crippen LogP contribution in [0.5, 0.6) is 0 Å². The van der Waals surface area contributed by atoms with E-state index in [2.05, 4.69) is 48.6 Å². The second-order valence-electron chi connectivity index (χ2n) is 3.81. The molecule has 2 aliphatic carbocycles. The van der Waals surface area contributed by atoms with E-state index >= 15 is 0 Å². The Hall–Kier alpha value is -1.56. The molecule has 0 amide bonds. The van der Waals surface area contributed by atoms with Crippen LogP contribution in [0.1, 0.15) is 17.5 Å². The zero-order chi connectivity index (χ0) is 9.38. The number of benzene rings is 1. The Bertz CT molecular complexity index is 445. The quantitative estimate of drug-likeness (QED) is 0.573. The molecule has 0 atom stereocenters. The van der Waals surface area contributed by atoms with E-state index in [1.54, 1.807) is 0 Å². The van der Waals surface area contributed by atoms with E-state index in [1.165, 1.54) is 35.1 Å². The molecule has 1 aromatic carbocycles. The van der Waals surface area contributed by atoms with Crippen LogP contribution in [-0.4, -0.2) is 0 Å². The van der Waals surface area contributed by atoms with Crippen LogP contribution < -0.4 is 0 Å². The van der Waals surface area contributed by atoms with Gasteiger partial charge in [0.2, 0.25) is 0 Å². The first kappa shape index (κ1) is 7.81. The average molecular weight is 180 g/mol. The summed E-state index contributed by atoms with van der Waals surface area (Å²) in [5.41, 5.74) is 5.88. The van der Waals surface area contributed by atoms with Crippen LogP contribution in [0.4, 0.5) is 0 Å². The maximum Gasteiger partial charge on any atom is -0.0186 e. The molecule has 0 spiro atoms. The van der Waals surface area contributed by atoms with Gasteiger partial charge in [0.15, 0.2) is 0 Å². The van der Waals surface area contributed by atoms with Gasteiger partial charge in [0.25, 0.3) is 0 Å². The molecule has 0 unspecified atom stereocenters. The Morgan fingerprint density at radius 3 is 2.50 bits per heavy atom. The van der Waals surface area contributed by atoms with E-state index in [-0.39, 0.29) is 0 Å². The molecule has 0 saturated carbocycles. The van der Waals surface area contributed by atoms with Crippen LogP contribution >= 0.6 is 0 Å². The Morgan fingerprint density at radius 2 is 1.64 bits per heavy atom. The van der Waals surface area contributed by atoms with Crippen LogP contribution in [0.25, 0.3) is 5.57 Å². The number of hydrogen-bond donors (Lipinski definition) is 0. The molecule has 1 aromatic rings. The number of fused-ring (bicyclic) bond motifs is 1. The summed E-state index contributed by atoms with van der Waals surface area (Å²) >= 11 is 0. The number of hydrogen-bond acceptors (Lipinski definition) is 0. The van der Waals surface area contributed by atoms with Gasteiger partial charge in [-0.2, -0.15) is 0 Å². The monoisotopic (exact) mass is 180 g/mol. The van der Waals surface area contributed by atoms with Crippen LogP contribution in [-0.2, 0) is 6.42 Å². The fourth-order valence-corrected chi connectivity index (χ4v) is 2.30. The van der Waals surface area contributed by atoms with Crippen molar-refractivity contribution in [1.82, 2.24) is 0 Å². The standard InChI is InChI=1S/C14H12/c1-2-6-11(5-1)14-10-9-12-7-3-4-8-13(12)14/h1-8H,9-10H2. The molecule has 0 radical (unpaired) electrons. The van der Waals surface area contributed by atoms with Crippen molar-refractivity contribution in [3.63, 3.8) is 0 Å². The summed E-state index contributed by atoms with van der Waals surface area (Å²) in [7, 11) is 0. The second-order valence-corrected chi connectivity index (χ2v) is 3.81. The highest BCUT2D eigenvalue weighted by molar-refractivity contribution is 5.79. The summed E-state index contributed by atoms with van der Waals surface area (Å²) in [6.45, 7) is 0. The fourth-order valence-electron chi connectivity index (χ4n) is 2.30. The summed E-state index contributed by atoms with van der Waals surface area (Å²) in [5.74, 6) is 0. The van der Waals surface area contributed by atoms with Gasteiger partial charge in [0, 0.05) is 0 Å². The van der Waals surface area contributed by atoms with Gasteiger partial charge < -0.3 is 0 Å². The first-order chi connectivity index (χ1) is 6.95. The predicted molar refractivity (Wildman–Crippen MR) is 60.0 cm³/mol. The van der Waals surface area contributed by atoms with Gasteiger partial charge in [-0.15, -0.1) is 0 Å². The lowest BCUT2D eigenvalue weighted by Gasteiger charge is -2.02. The lowest BCUT2D eigenvalue weighted by atomic mass is 10.0. The third-order valence-corrected chi connectivity index (χ3v) is 3.00. The number of rotatable bonds is 0. The minimum atomic E-state index is 1.20. The predicted octanol–water partition coefficient (Wildman–Crippen LogP) is 3.51. The number of aryl methyl sites for hydroxylation is 1. The molecule has 0 fully saturated rings. The van der Waals surface area contributed by atoms with E-state index in [0.29, 0.717) is 0 Å². The molecule has 0 heterocycles. The maximum absolute atomic E-state index is 2.24. The molecular weight excluding hydrogens is 168 g/mol. The molecule has 0 aromatic heterocycles. The van der Waals surface area contributed by atoms with Gasteiger partial charge in [-0.05, 0) is 35.1 Å². The highest BCUT2D eigenvalue weighted by Crippen LogP contribution is 2.35. The largest absolute Gasteiger partial charge is 0.0620 e. The molecule has 14 heavy (non-hydrogen) atoms. The summed E-state index contributed by atoms with van der Waals surface area (Å²) in [6.07, 6.45) is 11.0. The van der Waals surface area contributed by atoms with Crippen LogP contribution in [0.15, 0.2) is 54.1 Å². The van der Waals surface area contributed by atoms with Gasteiger partial charge >= 0.3 is 0 Å². The van der Waals surface area contributed by atoms with Crippen LogP contribution in [0.2, 0.25) is 0 Å². The zero-order valence-corrected chi connectivity index (χ0v) is 8.03. The third kappa shape index (κ3) is 1.07. The van der Waals surface area contributed by atoms with E-state index < -0.39 is 0 Å². The van der Waals surface area contributed by atoms with Crippen molar-refractivity contribution in [2.24, 2.45) is 0 Å². The van der Waals surface area contributed by atoms with Crippen molar-refractivity contribution in [3.8, 4) is 0 Å². The van der Waals surface area contributed by atoms with Crippen molar-refractivity contribution in [2.75, 3.05) is 0 Å². The van der Waals surface area contributed by atoms with Crippen LogP contribution in [0, 0.1) is 0 Å². The van der Waals surface area contributed by atoms with Crippen molar-refractivity contribution in [2.45, 2.75) is 12.8 Å². The normalized spacial score (nSPS) is 18.0. The van der Waals surface area contributed by atoms with Gasteiger partial charge in [-0.25, -0.2) is 0 Å². The zero-order valence-electron chi connectivity index (χ0n) is 8.03. The Balaban J connectivity index is 2.19. The molecule has 0 N–H and O–H groups in total. The van der Waals surface area contributed by atoms with Gasteiger partial charge in [-0.1, -0.05) is 48.6 Å². The van der Waals surface area contributed by atoms with E-state index in [4.69, 9.17) is 0 Å². The van der Waals surface area contributed by atoms with Crippen molar-refractivity contribution < 1.29 is 0 Å². The molecule has 0 saturated heterocycles.